The first-order valence-electron chi connectivity index (χ1n) is 7.59. The first-order chi connectivity index (χ1) is 11.6. The molecule has 0 aliphatic rings. The molecule has 0 saturated carbocycles. The van der Waals surface area contributed by atoms with Gasteiger partial charge in [0.2, 0.25) is 0 Å². The van der Waals surface area contributed by atoms with Crippen LogP contribution in [0.1, 0.15) is 18.1 Å². The van der Waals surface area contributed by atoms with Crippen molar-refractivity contribution in [3.8, 4) is 5.75 Å². The van der Waals surface area contributed by atoms with Crippen LogP contribution in [0.5, 0.6) is 5.75 Å². The summed E-state index contributed by atoms with van der Waals surface area (Å²) in [5.41, 5.74) is 2.11. The van der Waals surface area contributed by atoms with Gasteiger partial charge in [-0.3, -0.25) is 4.79 Å². The first-order valence-corrected chi connectivity index (χ1v) is 11.5. The summed E-state index contributed by atoms with van der Waals surface area (Å²) in [7, 11) is -5.77. The van der Waals surface area contributed by atoms with E-state index in [1.54, 1.807) is 24.3 Å². The van der Waals surface area contributed by atoms with Gasteiger partial charge in [-0.05, 0) is 48.6 Å². The average molecular weight is 383 g/mol. The predicted molar refractivity (Wildman–Crippen MR) is 100 cm³/mol. The van der Waals surface area contributed by atoms with Crippen molar-refractivity contribution in [3.63, 3.8) is 0 Å². The molecule has 7 heteroatoms. The van der Waals surface area contributed by atoms with Crippen molar-refractivity contribution >= 4 is 26.4 Å². The summed E-state index contributed by atoms with van der Waals surface area (Å²) in [6, 6.07) is 14.6. The molecule has 136 valence electrons. The highest BCUT2D eigenvalue weighted by atomic mass is 32.3. The third-order valence-corrected chi connectivity index (χ3v) is 7.87. The molecular weight excluding hydrogens is 360 g/mol. The van der Waals surface area contributed by atoms with Gasteiger partial charge in [0.05, 0.1) is 6.26 Å². The number of benzene rings is 2. The quantitative estimate of drug-likeness (QED) is 0.561. The molecule has 0 bridgehead atoms. The van der Waals surface area contributed by atoms with Crippen LogP contribution in [0.4, 0.5) is 0 Å². The predicted octanol–water partition coefficient (Wildman–Crippen LogP) is 3.81. The molecule has 2 aromatic rings. The summed E-state index contributed by atoms with van der Waals surface area (Å²) in [5, 5.41) is 0. The van der Waals surface area contributed by atoms with Crippen LogP contribution in [0.25, 0.3) is 0 Å². The van der Waals surface area contributed by atoms with Crippen LogP contribution >= 0.6 is 10.3 Å². The van der Waals surface area contributed by atoms with Crippen molar-refractivity contribution < 1.29 is 21.6 Å². The van der Waals surface area contributed by atoms with Crippen molar-refractivity contribution in [2.24, 2.45) is 0 Å². The van der Waals surface area contributed by atoms with Gasteiger partial charge >= 0.3 is 5.97 Å². The maximum absolute atomic E-state index is 11.8. The highest BCUT2D eigenvalue weighted by Crippen LogP contribution is 2.57. The maximum Gasteiger partial charge on any atom is 0.308 e. The average Bonchev–Trinajstić information content (AvgIpc) is 2.48. The van der Waals surface area contributed by atoms with E-state index in [2.05, 4.69) is 0 Å². The van der Waals surface area contributed by atoms with Crippen molar-refractivity contribution in [1.29, 1.82) is 0 Å². The molecule has 0 aromatic heterocycles. The fraction of sp³-hybridized carbons (Fsp3) is 0.278. The minimum absolute atomic E-state index is 0.407. The van der Waals surface area contributed by atoms with Gasteiger partial charge in [-0.15, -0.1) is 0 Å². The maximum atomic E-state index is 11.8. The van der Waals surface area contributed by atoms with E-state index < -0.39 is 26.4 Å². The van der Waals surface area contributed by atoms with E-state index in [0.717, 1.165) is 22.3 Å². The fourth-order valence-electron chi connectivity index (χ4n) is 2.45. The van der Waals surface area contributed by atoms with Gasteiger partial charge in [0.25, 0.3) is 10.1 Å². The summed E-state index contributed by atoms with van der Waals surface area (Å²) in [6.45, 7) is 3.31. The van der Waals surface area contributed by atoms with Crippen molar-refractivity contribution in [3.05, 3.63) is 59.7 Å². The molecule has 1 atom stereocenters. The van der Waals surface area contributed by atoms with Gasteiger partial charge in [0.1, 0.15) is 5.75 Å². The number of esters is 1. The van der Waals surface area contributed by atoms with Gasteiger partial charge in [0.15, 0.2) is 0 Å². The largest absolute Gasteiger partial charge is 0.427 e. The lowest BCUT2D eigenvalue weighted by Crippen LogP contribution is -2.13. The Morgan fingerprint density at radius 3 is 2.12 bits per heavy atom. The number of ether oxygens (including phenoxy) is 1. The molecule has 5 nitrogen and oxygen atoms in total. The van der Waals surface area contributed by atoms with Crippen LogP contribution in [0, 0.1) is 6.92 Å². The molecule has 25 heavy (non-hydrogen) atoms. The van der Waals surface area contributed by atoms with Gasteiger partial charge in [-0.25, -0.2) is 3.63 Å². The van der Waals surface area contributed by atoms with Gasteiger partial charge in [-0.2, -0.15) is 8.42 Å². The zero-order valence-corrected chi connectivity index (χ0v) is 16.3. The van der Waals surface area contributed by atoms with Crippen molar-refractivity contribution in [1.82, 2.24) is 0 Å². The molecule has 0 aliphatic heterocycles. The Balaban J connectivity index is 2.41. The van der Waals surface area contributed by atoms with Crippen LogP contribution in [0.3, 0.4) is 0 Å². The summed E-state index contributed by atoms with van der Waals surface area (Å²) in [6.07, 6.45) is 2.88. The third-order valence-electron chi connectivity index (χ3n) is 3.55. The smallest absolute Gasteiger partial charge is 0.308 e. The van der Waals surface area contributed by atoms with Crippen molar-refractivity contribution in [2.75, 3.05) is 12.5 Å². The molecule has 0 amide bonds. The zero-order valence-electron chi connectivity index (χ0n) is 14.7. The fourth-order valence-corrected chi connectivity index (χ4v) is 6.93. The Morgan fingerprint density at radius 1 is 1.00 bits per heavy atom. The number of carbonyl (C=O) groups is 1. The number of hydrogen-bond donors (Lipinski definition) is 0. The van der Waals surface area contributed by atoms with E-state index in [4.69, 9.17) is 8.37 Å². The Bertz CT molecular complexity index is 859. The van der Waals surface area contributed by atoms with Gasteiger partial charge < -0.3 is 4.74 Å². The number of rotatable bonds is 6. The molecular formula is C18H22O5S2. The van der Waals surface area contributed by atoms with Crippen LogP contribution in [0.2, 0.25) is 0 Å². The normalized spacial score (nSPS) is 15.2. The van der Waals surface area contributed by atoms with E-state index in [1.165, 1.54) is 6.92 Å². The second-order valence-corrected chi connectivity index (χ2v) is 10.6. The first kappa shape index (κ1) is 19.5. The highest BCUT2D eigenvalue weighted by molar-refractivity contribution is 8.31. The molecule has 0 N–H and O–H groups in total. The van der Waals surface area contributed by atoms with E-state index in [1.807, 2.05) is 37.4 Å². The summed E-state index contributed by atoms with van der Waals surface area (Å²) >= 11 is 0. The summed E-state index contributed by atoms with van der Waals surface area (Å²) in [5.74, 6) is 0.475. The lowest BCUT2D eigenvalue weighted by molar-refractivity contribution is -0.131. The van der Waals surface area contributed by atoms with E-state index >= 15 is 0 Å². The Hall–Kier alpha value is -1.83. The minimum Gasteiger partial charge on any atom is -0.427 e. The number of carbonyl (C=O) groups excluding carboxylic acids is 1. The Morgan fingerprint density at radius 2 is 1.60 bits per heavy atom. The molecule has 2 rings (SSSR count). The lowest BCUT2D eigenvalue weighted by atomic mass is 10.1. The van der Waals surface area contributed by atoms with Gasteiger partial charge in [-0.1, -0.05) is 34.6 Å². The molecule has 0 spiro atoms. The van der Waals surface area contributed by atoms with Crippen molar-refractivity contribution in [2.45, 2.75) is 24.5 Å². The molecule has 0 fully saturated rings. The standard InChI is InChI=1S/C18H22O5S2/c1-14-7-5-6-8-16(14)13-24(3,23-25(4,20)21)18-11-9-17(10-12-18)22-15(2)19/h5-12H,13H2,1-4H3. The second kappa shape index (κ2) is 7.59. The van der Waals surface area contributed by atoms with Gasteiger partial charge in [0, 0.05) is 17.6 Å². The second-order valence-electron chi connectivity index (χ2n) is 5.91. The molecule has 0 heterocycles. The molecule has 2 aromatic carbocycles. The van der Waals surface area contributed by atoms with Crippen LogP contribution in [-0.4, -0.2) is 26.9 Å². The lowest BCUT2D eigenvalue weighted by Gasteiger charge is -2.35. The Kier molecular flexibility index (Phi) is 5.92. The molecule has 1 unspecified atom stereocenters. The topological polar surface area (TPSA) is 69.7 Å². The number of hydrogen-bond acceptors (Lipinski definition) is 5. The minimum atomic E-state index is -3.64. The van der Waals surface area contributed by atoms with E-state index in [9.17, 15) is 13.2 Å². The van der Waals surface area contributed by atoms with Crippen LogP contribution in [-0.2, 0) is 24.3 Å². The van der Waals surface area contributed by atoms with E-state index in [0.29, 0.717) is 11.5 Å². The third kappa shape index (κ3) is 5.59. The summed E-state index contributed by atoms with van der Waals surface area (Å²) < 4.78 is 34.2. The number of aryl methyl sites for hydroxylation is 1. The molecule has 0 aliphatic carbocycles. The highest BCUT2D eigenvalue weighted by Gasteiger charge is 2.28. The van der Waals surface area contributed by atoms with Crippen LogP contribution < -0.4 is 4.74 Å². The van der Waals surface area contributed by atoms with E-state index in [-0.39, 0.29) is 0 Å². The SMILES string of the molecule is CC(=O)Oc1ccc(S(C)(Cc2ccccc2C)OS(C)(=O)=O)cc1. The monoisotopic (exact) mass is 382 g/mol. The molecule has 0 radical (unpaired) electrons. The Labute approximate surface area is 150 Å². The van der Waals surface area contributed by atoms with Crippen LogP contribution in [0.15, 0.2) is 53.4 Å². The summed E-state index contributed by atoms with van der Waals surface area (Å²) in [4.78, 5) is 11.8. The molecule has 0 saturated heterocycles. The zero-order chi connectivity index (χ0) is 18.7.